The van der Waals surface area contributed by atoms with Crippen molar-refractivity contribution < 1.29 is 53.7 Å². The Morgan fingerprint density at radius 1 is 1.04 bits per heavy atom. The van der Waals surface area contributed by atoms with Crippen LogP contribution < -0.4 is 5.32 Å². The molecule has 0 radical (unpaired) electrons. The summed E-state index contributed by atoms with van der Waals surface area (Å²) in [4.78, 5) is 29.2. The van der Waals surface area contributed by atoms with E-state index in [1.807, 2.05) is 21.0 Å². The highest BCUT2D eigenvalue weighted by molar-refractivity contribution is 5.91. The summed E-state index contributed by atoms with van der Waals surface area (Å²) >= 11 is 0. The fraction of sp³-hybridized carbons (Fsp3) is 0.947. The van der Waals surface area contributed by atoms with E-state index in [1.165, 1.54) is 26.9 Å². The van der Waals surface area contributed by atoms with Crippen LogP contribution in [0.2, 0.25) is 0 Å². The van der Waals surface area contributed by atoms with Gasteiger partial charge in [-0.25, -0.2) is 0 Å². The van der Waals surface area contributed by atoms with E-state index in [2.05, 4.69) is 10.2 Å². The third-order valence-electron chi connectivity index (χ3n) is 11.7. The van der Waals surface area contributed by atoms with Gasteiger partial charge >= 0.3 is 5.97 Å². The molecule has 13 heteroatoms. The van der Waals surface area contributed by atoms with Crippen molar-refractivity contribution in [2.24, 2.45) is 23.7 Å². The summed E-state index contributed by atoms with van der Waals surface area (Å²) < 4.78 is 30.7. The van der Waals surface area contributed by atoms with E-state index in [-0.39, 0.29) is 37.0 Å². The van der Waals surface area contributed by atoms with Crippen molar-refractivity contribution in [3.63, 3.8) is 0 Å². The summed E-state index contributed by atoms with van der Waals surface area (Å²) in [6, 6.07) is -0.517. The van der Waals surface area contributed by atoms with Crippen molar-refractivity contribution in [1.29, 1.82) is 0 Å². The highest BCUT2D eigenvalue weighted by atomic mass is 16.7. The molecule has 13 nitrogen and oxygen atoms in total. The average molecular weight is 731 g/mol. The number of nitrogens with one attached hydrogen (secondary N) is 1. The monoisotopic (exact) mass is 730 g/mol. The highest BCUT2D eigenvalue weighted by Crippen LogP contribution is 2.39. The van der Waals surface area contributed by atoms with E-state index in [0.717, 1.165) is 6.42 Å². The SMILES string of the molecule is CCC1OC(=O)C(C)C(OC2CC(C)(OC)C(=O)C(C)O2)C(C)C(OC(O)CC(CC2CC2)N(C)C)C(C)(O)CC(C)CNC(C)C(O)C1(C)O. The van der Waals surface area contributed by atoms with E-state index >= 15 is 0 Å². The lowest BCUT2D eigenvalue weighted by molar-refractivity contribution is -0.272. The molecule has 3 aliphatic rings. The number of cyclic esters (lactones) is 1. The van der Waals surface area contributed by atoms with Crippen LogP contribution in [0.25, 0.3) is 0 Å². The molecule has 298 valence electrons. The number of ketones is 1. The molecular formula is C38H70N2O11. The Bertz CT molecular complexity index is 1130. The number of carbonyl (C=O) groups is 2. The predicted octanol–water partition coefficient (Wildman–Crippen LogP) is 2.78. The zero-order chi connectivity index (χ0) is 38.6. The van der Waals surface area contributed by atoms with Crippen LogP contribution in [0, 0.1) is 23.7 Å². The van der Waals surface area contributed by atoms with Gasteiger partial charge in [0.1, 0.15) is 29.5 Å². The van der Waals surface area contributed by atoms with Gasteiger partial charge in [0.2, 0.25) is 0 Å². The van der Waals surface area contributed by atoms with Crippen LogP contribution in [0.4, 0.5) is 0 Å². The summed E-state index contributed by atoms with van der Waals surface area (Å²) in [5, 5.41) is 49.9. The second-order valence-electron chi connectivity index (χ2n) is 16.9. The first-order valence-electron chi connectivity index (χ1n) is 19.0. The van der Waals surface area contributed by atoms with Gasteiger partial charge in [0.15, 0.2) is 18.4 Å². The van der Waals surface area contributed by atoms with Gasteiger partial charge < -0.3 is 54.3 Å². The molecule has 1 aliphatic carbocycles. The summed E-state index contributed by atoms with van der Waals surface area (Å²) in [5.41, 5.74) is -4.53. The molecule has 0 aromatic rings. The normalized spacial score (nSPS) is 43.6. The van der Waals surface area contributed by atoms with Crippen LogP contribution in [0.1, 0.15) is 107 Å². The number of aliphatic hydroxyl groups excluding tert-OH is 2. The molecular weight excluding hydrogens is 660 g/mol. The van der Waals surface area contributed by atoms with Crippen molar-refractivity contribution in [1.82, 2.24) is 10.2 Å². The number of hydrogen-bond acceptors (Lipinski definition) is 13. The number of esters is 1. The maximum atomic E-state index is 14.1. The number of rotatable bonds is 11. The van der Waals surface area contributed by atoms with Gasteiger partial charge in [0, 0.05) is 38.0 Å². The lowest BCUT2D eigenvalue weighted by atomic mass is 9.77. The molecule has 3 fully saturated rings. The number of Topliss-reactive ketones (excluding diaryl/α,β-unsaturated/α-hetero) is 1. The molecule has 5 N–H and O–H groups in total. The molecule has 0 aromatic heterocycles. The lowest BCUT2D eigenvalue weighted by Crippen LogP contribution is -2.59. The van der Waals surface area contributed by atoms with Gasteiger partial charge in [-0.3, -0.25) is 9.59 Å². The van der Waals surface area contributed by atoms with E-state index in [1.54, 1.807) is 48.5 Å². The fourth-order valence-corrected chi connectivity index (χ4v) is 8.13. The molecule has 15 atom stereocenters. The third kappa shape index (κ3) is 11.1. The van der Waals surface area contributed by atoms with Crippen molar-refractivity contribution >= 4 is 11.8 Å². The molecule has 2 saturated heterocycles. The molecule has 15 unspecified atom stereocenters. The molecule has 2 aliphatic heterocycles. The number of carbonyl (C=O) groups excluding carboxylic acids is 2. The van der Waals surface area contributed by atoms with Gasteiger partial charge in [0.05, 0.1) is 23.7 Å². The van der Waals surface area contributed by atoms with E-state index in [4.69, 9.17) is 23.7 Å². The van der Waals surface area contributed by atoms with E-state index in [0.29, 0.717) is 18.9 Å². The minimum Gasteiger partial charge on any atom is -0.459 e. The highest BCUT2D eigenvalue weighted by Gasteiger charge is 2.51. The Labute approximate surface area is 306 Å². The van der Waals surface area contributed by atoms with Crippen molar-refractivity contribution in [2.75, 3.05) is 27.7 Å². The topological polar surface area (TPSA) is 176 Å². The summed E-state index contributed by atoms with van der Waals surface area (Å²) in [6.45, 7) is 15.7. The Kier molecular flexibility index (Phi) is 15.5. The first-order valence-corrected chi connectivity index (χ1v) is 19.0. The molecule has 0 aromatic carbocycles. The molecule has 0 spiro atoms. The van der Waals surface area contributed by atoms with Crippen molar-refractivity contribution in [3.8, 4) is 0 Å². The second kappa shape index (κ2) is 17.9. The van der Waals surface area contributed by atoms with Gasteiger partial charge in [-0.2, -0.15) is 0 Å². The predicted molar refractivity (Wildman–Crippen MR) is 192 cm³/mol. The maximum absolute atomic E-state index is 14.1. The average Bonchev–Trinajstić information content (AvgIpc) is 3.88. The zero-order valence-electron chi connectivity index (χ0n) is 33.3. The second-order valence-corrected chi connectivity index (χ2v) is 16.9. The van der Waals surface area contributed by atoms with E-state index < -0.39 is 83.7 Å². The Morgan fingerprint density at radius 3 is 2.22 bits per heavy atom. The minimum absolute atomic E-state index is 0.0486. The number of aliphatic hydroxyl groups is 4. The molecule has 2 heterocycles. The largest absolute Gasteiger partial charge is 0.459 e. The maximum Gasteiger partial charge on any atom is 0.311 e. The molecule has 51 heavy (non-hydrogen) atoms. The summed E-state index contributed by atoms with van der Waals surface area (Å²) in [6.07, 6.45) is -3.35. The van der Waals surface area contributed by atoms with Crippen LogP contribution in [0.15, 0.2) is 0 Å². The Hall–Kier alpha value is -1.26. The number of methoxy groups -OCH3 is 1. The van der Waals surface area contributed by atoms with Crippen LogP contribution in [0.3, 0.4) is 0 Å². The van der Waals surface area contributed by atoms with E-state index in [9.17, 15) is 30.0 Å². The van der Waals surface area contributed by atoms with Gasteiger partial charge in [0.25, 0.3) is 0 Å². The Morgan fingerprint density at radius 2 is 1.67 bits per heavy atom. The van der Waals surface area contributed by atoms with Gasteiger partial charge in [-0.1, -0.05) is 33.6 Å². The number of hydrogen-bond donors (Lipinski definition) is 5. The smallest absolute Gasteiger partial charge is 0.311 e. The van der Waals surface area contributed by atoms with Crippen LogP contribution in [0.5, 0.6) is 0 Å². The number of nitrogens with zero attached hydrogens (tertiary/aromatic N) is 1. The standard InChI is InChI=1S/C38H70N2O11/c1-13-28-38(9,46)32(42)24(5)39-20-21(2)18-36(7,45)34(50-29(41)17-27(40(10)11)16-26-14-15-26)22(3)31(23(4)35(44)49-28)51-30-19-37(8,47-12)33(43)25(6)48-30/h21-32,34,39,41-42,45-46H,13-20H2,1-12H3. The first-order chi connectivity index (χ1) is 23.6. The fourth-order valence-electron chi connectivity index (χ4n) is 8.13. The molecule has 0 bridgehead atoms. The van der Waals surface area contributed by atoms with Crippen molar-refractivity contribution in [3.05, 3.63) is 0 Å². The minimum atomic E-state index is -1.80. The Balaban J connectivity index is 2.08. The zero-order valence-corrected chi connectivity index (χ0v) is 33.3. The molecule has 0 amide bonds. The van der Waals surface area contributed by atoms with Crippen LogP contribution >= 0.6 is 0 Å². The van der Waals surface area contributed by atoms with Crippen molar-refractivity contribution in [2.45, 2.75) is 179 Å². The summed E-state index contributed by atoms with van der Waals surface area (Å²) in [5.74, 6) is -2.19. The quantitative estimate of drug-likeness (QED) is 0.155. The van der Waals surface area contributed by atoms with Gasteiger partial charge in [-0.15, -0.1) is 0 Å². The van der Waals surface area contributed by atoms with Crippen LogP contribution in [-0.4, -0.2) is 137 Å². The number of ether oxygens (including phenoxy) is 5. The molecule has 3 rings (SSSR count). The molecule has 1 saturated carbocycles. The third-order valence-corrected chi connectivity index (χ3v) is 11.7. The van der Waals surface area contributed by atoms with Crippen LogP contribution in [-0.2, 0) is 33.3 Å². The van der Waals surface area contributed by atoms with Gasteiger partial charge in [-0.05, 0) is 93.3 Å². The first kappa shape index (κ1) is 44.1. The lowest BCUT2D eigenvalue weighted by Gasteiger charge is -2.45. The summed E-state index contributed by atoms with van der Waals surface area (Å²) in [7, 11) is 5.42.